The predicted molar refractivity (Wildman–Crippen MR) is 71.8 cm³/mol. The molecule has 0 aliphatic carbocycles. The number of carboxylic acid groups (broad SMARTS) is 2. The molecule has 0 unspecified atom stereocenters. The van der Waals surface area contributed by atoms with Gasteiger partial charge in [0.25, 0.3) is 0 Å². The Morgan fingerprint density at radius 1 is 1.05 bits per heavy atom. The maximum absolute atomic E-state index is 12.0. The second-order valence-corrected chi connectivity index (χ2v) is 4.34. The number of hydrogen-bond acceptors (Lipinski definition) is 3. The Bertz CT molecular complexity index is 505. The zero-order chi connectivity index (χ0) is 15.3. The van der Waals surface area contributed by atoms with Gasteiger partial charge in [0, 0.05) is 5.69 Å². The van der Waals surface area contributed by atoms with Crippen molar-refractivity contribution in [1.82, 2.24) is 4.90 Å². The molecule has 0 spiro atoms. The number of carbonyl (C=O) groups excluding carboxylic acids is 1. The van der Waals surface area contributed by atoms with Crippen molar-refractivity contribution in [2.45, 2.75) is 13.8 Å². The van der Waals surface area contributed by atoms with Crippen LogP contribution in [0.3, 0.4) is 0 Å². The quantitative estimate of drug-likeness (QED) is 0.753. The molecule has 0 radical (unpaired) electrons. The summed E-state index contributed by atoms with van der Waals surface area (Å²) in [6.07, 6.45) is 0. The standard InChI is InChI=1S/C13H16N2O5/c1-8-4-3-5-9(2)12(8)14-13(20)15(6-10(16)17)7-11(18)19/h3-5H,6-7H2,1-2H3,(H,14,20)(H,16,17)(H,18,19). The fourth-order valence-corrected chi connectivity index (χ4v) is 1.72. The first-order valence-corrected chi connectivity index (χ1v) is 5.87. The molecule has 7 nitrogen and oxygen atoms in total. The fourth-order valence-electron chi connectivity index (χ4n) is 1.72. The molecule has 0 fully saturated rings. The van der Waals surface area contributed by atoms with Gasteiger partial charge in [-0.2, -0.15) is 0 Å². The van der Waals surface area contributed by atoms with Crippen molar-refractivity contribution >= 4 is 23.7 Å². The lowest BCUT2D eigenvalue weighted by Crippen LogP contribution is -2.42. The van der Waals surface area contributed by atoms with Crippen molar-refractivity contribution in [3.05, 3.63) is 29.3 Å². The van der Waals surface area contributed by atoms with E-state index in [2.05, 4.69) is 5.32 Å². The second kappa shape index (κ2) is 6.55. The van der Waals surface area contributed by atoms with Gasteiger partial charge in [-0.1, -0.05) is 18.2 Å². The van der Waals surface area contributed by atoms with E-state index in [0.29, 0.717) is 5.69 Å². The largest absolute Gasteiger partial charge is 0.480 e. The molecule has 0 aliphatic heterocycles. The molecule has 0 saturated heterocycles. The van der Waals surface area contributed by atoms with Gasteiger partial charge in [-0.15, -0.1) is 0 Å². The minimum atomic E-state index is -1.28. The van der Waals surface area contributed by atoms with Crippen LogP contribution in [0.1, 0.15) is 11.1 Å². The normalized spacial score (nSPS) is 9.90. The van der Waals surface area contributed by atoms with Crippen LogP contribution in [0.25, 0.3) is 0 Å². The van der Waals surface area contributed by atoms with Crippen molar-refractivity contribution in [2.24, 2.45) is 0 Å². The Morgan fingerprint density at radius 3 is 1.90 bits per heavy atom. The summed E-state index contributed by atoms with van der Waals surface area (Å²) in [6, 6.07) is 4.65. The van der Waals surface area contributed by atoms with Crippen LogP contribution in [-0.2, 0) is 9.59 Å². The molecule has 108 valence electrons. The molecule has 2 amide bonds. The molecule has 0 atom stereocenters. The Morgan fingerprint density at radius 2 is 1.50 bits per heavy atom. The summed E-state index contributed by atoms with van der Waals surface area (Å²) in [4.78, 5) is 34.0. The third-order valence-electron chi connectivity index (χ3n) is 2.65. The highest BCUT2D eigenvalue weighted by molar-refractivity contribution is 5.94. The highest BCUT2D eigenvalue weighted by Crippen LogP contribution is 2.19. The number of amides is 2. The molecule has 0 heterocycles. The lowest BCUT2D eigenvalue weighted by molar-refractivity contribution is -0.140. The molecule has 0 aromatic heterocycles. The van der Waals surface area contributed by atoms with E-state index in [9.17, 15) is 14.4 Å². The van der Waals surface area contributed by atoms with Crippen LogP contribution in [0.15, 0.2) is 18.2 Å². The van der Waals surface area contributed by atoms with Gasteiger partial charge in [0.05, 0.1) is 0 Å². The van der Waals surface area contributed by atoms with Crippen molar-refractivity contribution in [3.8, 4) is 0 Å². The zero-order valence-electron chi connectivity index (χ0n) is 11.2. The summed E-state index contributed by atoms with van der Waals surface area (Å²) >= 11 is 0. The van der Waals surface area contributed by atoms with Crippen LogP contribution in [0.4, 0.5) is 10.5 Å². The van der Waals surface area contributed by atoms with E-state index in [4.69, 9.17) is 10.2 Å². The molecule has 7 heteroatoms. The van der Waals surface area contributed by atoms with E-state index < -0.39 is 31.1 Å². The number of nitrogens with one attached hydrogen (secondary N) is 1. The van der Waals surface area contributed by atoms with E-state index >= 15 is 0 Å². The number of nitrogens with zero attached hydrogens (tertiary/aromatic N) is 1. The zero-order valence-corrected chi connectivity index (χ0v) is 11.2. The van der Waals surface area contributed by atoms with E-state index in [0.717, 1.165) is 16.0 Å². The van der Waals surface area contributed by atoms with Gasteiger partial charge in [-0.25, -0.2) is 4.79 Å². The summed E-state index contributed by atoms with van der Waals surface area (Å²) < 4.78 is 0. The van der Waals surface area contributed by atoms with Gasteiger partial charge in [-0.3, -0.25) is 9.59 Å². The topological polar surface area (TPSA) is 107 Å². The number of urea groups is 1. The molecule has 0 aliphatic rings. The van der Waals surface area contributed by atoms with Crippen LogP contribution in [0.2, 0.25) is 0 Å². The summed E-state index contributed by atoms with van der Waals surface area (Å²) in [5, 5.41) is 20.0. The molecule has 0 bridgehead atoms. The molecule has 1 aromatic rings. The van der Waals surface area contributed by atoms with Gasteiger partial charge in [0.1, 0.15) is 13.1 Å². The molecular weight excluding hydrogens is 264 g/mol. The van der Waals surface area contributed by atoms with Gasteiger partial charge < -0.3 is 20.4 Å². The molecule has 20 heavy (non-hydrogen) atoms. The number of benzene rings is 1. The van der Waals surface area contributed by atoms with Crippen molar-refractivity contribution < 1.29 is 24.6 Å². The first-order chi connectivity index (χ1) is 9.31. The minimum absolute atomic E-state index is 0.554. The number of rotatable bonds is 5. The summed E-state index contributed by atoms with van der Waals surface area (Å²) in [5.74, 6) is -2.55. The van der Waals surface area contributed by atoms with Crippen molar-refractivity contribution in [3.63, 3.8) is 0 Å². The maximum Gasteiger partial charge on any atom is 0.323 e. The highest BCUT2D eigenvalue weighted by Gasteiger charge is 2.20. The number of anilines is 1. The molecular formula is C13H16N2O5. The minimum Gasteiger partial charge on any atom is -0.480 e. The maximum atomic E-state index is 12.0. The first kappa shape index (κ1) is 15.5. The third kappa shape index (κ3) is 4.27. The number of carbonyl (C=O) groups is 3. The predicted octanol–water partition coefficient (Wildman–Crippen LogP) is 1.31. The van der Waals surface area contributed by atoms with Crippen molar-refractivity contribution in [1.29, 1.82) is 0 Å². The molecule has 1 rings (SSSR count). The van der Waals surface area contributed by atoms with Crippen LogP contribution >= 0.6 is 0 Å². The monoisotopic (exact) mass is 280 g/mol. The third-order valence-corrected chi connectivity index (χ3v) is 2.65. The van der Waals surface area contributed by atoms with Crippen LogP contribution < -0.4 is 5.32 Å². The highest BCUT2D eigenvalue weighted by atomic mass is 16.4. The van der Waals surface area contributed by atoms with Gasteiger partial charge in [-0.05, 0) is 25.0 Å². The Hall–Kier alpha value is -2.57. The van der Waals surface area contributed by atoms with Crippen LogP contribution in [-0.4, -0.2) is 46.2 Å². The van der Waals surface area contributed by atoms with E-state index in [1.165, 1.54) is 0 Å². The average Bonchev–Trinajstić information content (AvgIpc) is 2.31. The molecule has 3 N–H and O–H groups in total. The Kier molecular flexibility index (Phi) is 5.08. The second-order valence-electron chi connectivity index (χ2n) is 4.34. The summed E-state index contributed by atoms with van der Waals surface area (Å²) in [5.41, 5.74) is 2.17. The average molecular weight is 280 g/mol. The van der Waals surface area contributed by atoms with Gasteiger partial charge in [0.2, 0.25) is 0 Å². The van der Waals surface area contributed by atoms with Crippen LogP contribution in [0, 0.1) is 13.8 Å². The number of hydrogen-bond donors (Lipinski definition) is 3. The number of para-hydroxylation sites is 1. The van der Waals surface area contributed by atoms with E-state index in [1.807, 2.05) is 6.07 Å². The summed E-state index contributed by atoms with van der Waals surface area (Å²) in [7, 11) is 0. The van der Waals surface area contributed by atoms with Gasteiger partial charge >= 0.3 is 18.0 Å². The molecule has 1 aromatic carbocycles. The van der Waals surface area contributed by atoms with Gasteiger partial charge in [0.15, 0.2) is 0 Å². The smallest absolute Gasteiger partial charge is 0.323 e. The fraction of sp³-hybridized carbons (Fsp3) is 0.308. The summed E-state index contributed by atoms with van der Waals surface area (Å²) in [6.45, 7) is 2.23. The SMILES string of the molecule is Cc1cccc(C)c1NC(=O)N(CC(=O)O)CC(=O)O. The van der Waals surface area contributed by atoms with Crippen molar-refractivity contribution in [2.75, 3.05) is 18.4 Å². The van der Waals surface area contributed by atoms with Crippen LogP contribution in [0.5, 0.6) is 0 Å². The first-order valence-electron chi connectivity index (χ1n) is 5.87. The number of aryl methyl sites for hydroxylation is 2. The Balaban J connectivity index is 2.90. The number of carboxylic acids is 2. The molecule has 0 saturated carbocycles. The van der Waals surface area contributed by atoms with E-state index in [-0.39, 0.29) is 0 Å². The lowest BCUT2D eigenvalue weighted by Gasteiger charge is -2.20. The lowest BCUT2D eigenvalue weighted by atomic mass is 10.1. The van der Waals surface area contributed by atoms with E-state index in [1.54, 1.807) is 26.0 Å². The number of aliphatic carboxylic acids is 2. The Labute approximate surface area is 115 Å².